The van der Waals surface area contributed by atoms with E-state index in [0.29, 0.717) is 18.7 Å². The Morgan fingerprint density at radius 3 is 2.46 bits per heavy atom. The molecule has 0 aromatic heterocycles. The summed E-state index contributed by atoms with van der Waals surface area (Å²) in [5.41, 5.74) is 1.96. The van der Waals surface area contributed by atoms with Gasteiger partial charge in [-0.15, -0.1) is 0 Å². The Morgan fingerprint density at radius 1 is 1.08 bits per heavy atom. The van der Waals surface area contributed by atoms with Crippen molar-refractivity contribution in [2.45, 2.75) is 19.8 Å². The Bertz CT molecular complexity index is 882. The van der Waals surface area contributed by atoms with Crippen molar-refractivity contribution in [3.63, 3.8) is 0 Å². The van der Waals surface area contributed by atoms with Crippen LogP contribution in [-0.4, -0.2) is 24.3 Å². The van der Waals surface area contributed by atoms with E-state index in [1.54, 1.807) is 29.2 Å². The summed E-state index contributed by atoms with van der Waals surface area (Å²) in [6, 6.07) is 10.7. The Balaban J connectivity index is 1.67. The number of amides is 3. The zero-order valence-electron chi connectivity index (χ0n) is 14.2. The molecule has 26 heavy (non-hydrogen) atoms. The molecule has 134 valence electrons. The molecule has 1 heterocycles. The van der Waals surface area contributed by atoms with Crippen LogP contribution in [0, 0.1) is 12.7 Å². The fourth-order valence-corrected chi connectivity index (χ4v) is 2.87. The zero-order chi connectivity index (χ0) is 18.7. The van der Waals surface area contributed by atoms with Gasteiger partial charge in [0.2, 0.25) is 5.91 Å². The first kappa shape index (κ1) is 17.6. The van der Waals surface area contributed by atoms with Gasteiger partial charge in [-0.25, -0.2) is 4.39 Å². The predicted octanol–water partition coefficient (Wildman–Crippen LogP) is 2.84. The van der Waals surface area contributed by atoms with E-state index in [9.17, 15) is 18.8 Å². The minimum absolute atomic E-state index is 0.0632. The molecule has 0 spiro atoms. The lowest BCUT2D eigenvalue weighted by Crippen LogP contribution is -2.29. The van der Waals surface area contributed by atoms with Gasteiger partial charge in [0.25, 0.3) is 0 Å². The van der Waals surface area contributed by atoms with Crippen LogP contribution in [0.1, 0.15) is 18.4 Å². The van der Waals surface area contributed by atoms with Gasteiger partial charge in [-0.2, -0.15) is 0 Å². The van der Waals surface area contributed by atoms with Crippen molar-refractivity contribution >= 4 is 34.8 Å². The topological polar surface area (TPSA) is 78.5 Å². The van der Waals surface area contributed by atoms with E-state index in [4.69, 9.17) is 0 Å². The van der Waals surface area contributed by atoms with E-state index in [1.165, 1.54) is 18.2 Å². The molecule has 6 nitrogen and oxygen atoms in total. The van der Waals surface area contributed by atoms with Crippen molar-refractivity contribution in [3.8, 4) is 0 Å². The summed E-state index contributed by atoms with van der Waals surface area (Å²) >= 11 is 0. The third-order valence-electron chi connectivity index (χ3n) is 4.15. The van der Waals surface area contributed by atoms with Gasteiger partial charge in [0.05, 0.1) is 5.69 Å². The highest BCUT2D eigenvalue weighted by Gasteiger charge is 2.23. The predicted molar refractivity (Wildman–Crippen MR) is 96.4 cm³/mol. The molecule has 0 unspecified atom stereocenters. The summed E-state index contributed by atoms with van der Waals surface area (Å²) in [5.74, 6) is -2.41. The first-order valence-corrected chi connectivity index (χ1v) is 8.23. The Labute approximate surface area is 150 Å². The number of nitrogens with one attached hydrogen (secondary N) is 2. The Kier molecular flexibility index (Phi) is 4.97. The fraction of sp³-hybridized carbons (Fsp3) is 0.211. The van der Waals surface area contributed by atoms with Crippen molar-refractivity contribution in [1.29, 1.82) is 0 Å². The van der Waals surface area contributed by atoms with Crippen LogP contribution in [-0.2, 0) is 14.4 Å². The average Bonchev–Trinajstić information content (AvgIpc) is 3.03. The zero-order valence-corrected chi connectivity index (χ0v) is 14.2. The second kappa shape index (κ2) is 7.35. The Morgan fingerprint density at radius 2 is 1.81 bits per heavy atom. The third kappa shape index (κ3) is 3.72. The van der Waals surface area contributed by atoms with Crippen LogP contribution in [0.15, 0.2) is 42.5 Å². The molecule has 1 saturated heterocycles. The molecule has 0 atom stereocenters. The first-order valence-electron chi connectivity index (χ1n) is 8.23. The molecule has 0 radical (unpaired) electrons. The van der Waals surface area contributed by atoms with Crippen LogP contribution >= 0.6 is 0 Å². The van der Waals surface area contributed by atoms with Crippen molar-refractivity contribution in [2.24, 2.45) is 0 Å². The molecular formula is C19H18FN3O3. The number of halogens is 1. The lowest BCUT2D eigenvalue weighted by Gasteiger charge is -2.19. The molecule has 0 aliphatic carbocycles. The molecule has 1 aliphatic heterocycles. The number of para-hydroxylation sites is 1. The van der Waals surface area contributed by atoms with Crippen LogP contribution < -0.4 is 15.5 Å². The second-order valence-corrected chi connectivity index (χ2v) is 6.04. The number of rotatable bonds is 3. The molecule has 2 N–H and O–H groups in total. The summed E-state index contributed by atoms with van der Waals surface area (Å²) in [6.45, 7) is 2.51. The van der Waals surface area contributed by atoms with Gasteiger partial charge >= 0.3 is 11.8 Å². The van der Waals surface area contributed by atoms with Gasteiger partial charge in [-0.3, -0.25) is 14.4 Å². The maximum Gasteiger partial charge on any atom is 0.314 e. The molecule has 1 fully saturated rings. The van der Waals surface area contributed by atoms with E-state index in [0.717, 1.165) is 17.7 Å². The summed E-state index contributed by atoms with van der Waals surface area (Å²) in [6.07, 6.45) is 1.36. The quantitative estimate of drug-likeness (QED) is 0.831. The maximum absolute atomic E-state index is 13.5. The van der Waals surface area contributed by atoms with Crippen molar-refractivity contribution in [2.75, 3.05) is 22.1 Å². The molecule has 2 aromatic carbocycles. The molecule has 3 amide bonds. The van der Waals surface area contributed by atoms with Crippen molar-refractivity contribution < 1.29 is 18.8 Å². The highest BCUT2D eigenvalue weighted by Crippen LogP contribution is 2.27. The maximum atomic E-state index is 13.5. The number of carbonyl (C=O) groups is 3. The minimum Gasteiger partial charge on any atom is -0.318 e. The number of hydrogen-bond acceptors (Lipinski definition) is 3. The highest BCUT2D eigenvalue weighted by atomic mass is 19.1. The molecule has 0 saturated carbocycles. The van der Waals surface area contributed by atoms with Crippen LogP contribution in [0.5, 0.6) is 0 Å². The summed E-state index contributed by atoms with van der Waals surface area (Å²) in [7, 11) is 0. The van der Waals surface area contributed by atoms with Crippen molar-refractivity contribution in [1.82, 2.24) is 0 Å². The van der Waals surface area contributed by atoms with Gasteiger partial charge < -0.3 is 15.5 Å². The van der Waals surface area contributed by atoms with Gasteiger partial charge in [-0.1, -0.05) is 12.1 Å². The minimum atomic E-state index is -0.966. The second-order valence-electron chi connectivity index (χ2n) is 6.04. The number of hydrogen-bond donors (Lipinski definition) is 2. The molecular weight excluding hydrogens is 337 g/mol. The lowest BCUT2D eigenvalue weighted by atomic mass is 10.1. The lowest BCUT2D eigenvalue weighted by molar-refractivity contribution is -0.133. The fourth-order valence-electron chi connectivity index (χ4n) is 2.87. The number of anilines is 3. The van der Waals surface area contributed by atoms with E-state index in [-0.39, 0.29) is 11.6 Å². The number of carbonyl (C=O) groups excluding carboxylic acids is 3. The molecule has 2 aromatic rings. The van der Waals surface area contributed by atoms with E-state index < -0.39 is 17.6 Å². The Hall–Kier alpha value is -3.22. The summed E-state index contributed by atoms with van der Waals surface area (Å²) in [4.78, 5) is 37.5. The number of aryl methyl sites for hydroxylation is 1. The van der Waals surface area contributed by atoms with Crippen LogP contribution in [0.3, 0.4) is 0 Å². The van der Waals surface area contributed by atoms with Crippen LogP contribution in [0.2, 0.25) is 0 Å². The molecule has 7 heteroatoms. The molecule has 3 rings (SSSR count). The summed E-state index contributed by atoms with van der Waals surface area (Å²) < 4.78 is 13.5. The van der Waals surface area contributed by atoms with Crippen molar-refractivity contribution in [3.05, 3.63) is 53.8 Å². The molecule has 1 aliphatic rings. The van der Waals surface area contributed by atoms with Gasteiger partial charge in [0.1, 0.15) is 5.82 Å². The smallest absolute Gasteiger partial charge is 0.314 e. The summed E-state index contributed by atoms with van der Waals surface area (Å²) in [5, 5.41) is 4.70. The van der Waals surface area contributed by atoms with E-state index >= 15 is 0 Å². The van der Waals surface area contributed by atoms with E-state index in [1.807, 2.05) is 6.92 Å². The first-order chi connectivity index (χ1) is 12.5. The van der Waals surface area contributed by atoms with Gasteiger partial charge in [0, 0.05) is 24.3 Å². The molecule has 0 bridgehead atoms. The number of benzene rings is 2. The van der Waals surface area contributed by atoms with Crippen LogP contribution in [0.4, 0.5) is 21.5 Å². The SMILES string of the molecule is Cc1cc(NC(=O)C(=O)Nc2ccccc2F)ccc1N1CCCC1=O. The standard InChI is InChI=1S/C19H18FN3O3/c1-12-11-13(8-9-16(12)23-10-4-7-17(23)24)21-18(25)19(26)22-15-6-3-2-5-14(15)20/h2-3,5-6,8-9,11H,4,7,10H2,1H3,(H,21,25)(H,22,26). The number of nitrogens with zero attached hydrogens (tertiary/aromatic N) is 1. The van der Waals surface area contributed by atoms with E-state index in [2.05, 4.69) is 10.6 Å². The highest BCUT2D eigenvalue weighted by molar-refractivity contribution is 6.43. The van der Waals surface area contributed by atoms with Gasteiger partial charge in [-0.05, 0) is 49.2 Å². The largest absolute Gasteiger partial charge is 0.318 e. The monoisotopic (exact) mass is 355 g/mol. The average molecular weight is 355 g/mol. The van der Waals surface area contributed by atoms with Gasteiger partial charge in [0.15, 0.2) is 0 Å². The normalized spacial score (nSPS) is 13.6. The third-order valence-corrected chi connectivity index (χ3v) is 4.15. The van der Waals surface area contributed by atoms with Crippen LogP contribution in [0.25, 0.3) is 0 Å².